The van der Waals surface area contributed by atoms with Gasteiger partial charge in [-0.3, -0.25) is 0 Å². The second-order valence-electron chi connectivity index (χ2n) is 4.33. The fourth-order valence-electron chi connectivity index (χ4n) is 2.03. The molecule has 0 aromatic carbocycles. The Hall–Kier alpha value is 0.210. The van der Waals surface area contributed by atoms with Gasteiger partial charge in [0.25, 0.3) is 0 Å². The van der Waals surface area contributed by atoms with E-state index < -0.39 is 0 Å². The van der Waals surface area contributed by atoms with E-state index in [1.807, 2.05) is 0 Å². The molecular weight excluding hydrogens is 198 g/mol. The Balaban J connectivity index is 2.05. The molecule has 2 atom stereocenters. The third-order valence-electron chi connectivity index (χ3n) is 2.82. The summed E-state index contributed by atoms with van der Waals surface area (Å²) in [5.41, 5.74) is 0. The summed E-state index contributed by atoms with van der Waals surface area (Å²) in [6.45, 7) is 5.90. The summed E-state index contributed by atoms with van der Waals surface area (Å²) in [6, 6.07) is 0.628. The summed E-state index contributed by atoms with van der Waals surface area (Å²) in [7, 11) is 0. The van der Waals surface area contributed by atoms with E-state index in [-0.39, 0.29) is 0 Å². The zero-order chi connectivity index (χ0) is 10.4. The first-order valence-corrected chi connectivity index (χ1v) is 6.18. The molecule has 2 nitrogen and oxygen atoms in total. The Bertz CT molecular complexity index is 152. The van der Waals surface area contributed by atoms with Crippen molar-refractivity contribution in [2.24, 2.45) is 5.92 Å². The van der Waals surface area contributed by atoms with Gasteiger partial charge in [-0.1, -0.05) is 6.42 Å². The minimum atomic E-state index is 0.337. The molecule has 1 N–H and O–H groups in total. The lowest BCUT2D eigenvalue weighted by atomic mass is 10.1. The maximum absolute atomic E-state index is 5.89. The van der Waals surface area contributed by atoms with Crippen molar-refractivity contribution in [1.82, 2.24) is 5.32 Å². The van der Waals surface area contributed by atoms with Gasteiger partial charge in [0.05, 0.1) is 12.7 Å². The maximum Gasteiger partial charge on any atom is 0.0594 e. The molecule has 0 bridgehead atoms. The van der Waals surface area contributed by atoms with Crippen LogP contribution in [0.3, 0.4) is 0 Å². The number of halogens is 1. The summed E-state index contributed by atoms with van der Waals surface area (Å²) >= 11 is 5.89. The molecule has 14 heavy (non-hydrogen) atoms. The van der Waals surface area contributed by atoms with Gasteiger partial charge in [-0.15, -0.1) is 11.6 Å². The second kappa shape index (κ2) is 6.65. The molecule has 0 aromatic heterocycles. The highest BCUT2D eigenvalue weighted by atomic mass is 35.5. The Morgan fingerprint density at radius 1 is 1.43 bits per heavy atom. The van der Waals surface area contributed by atoms with Gasteiger partial charge in [-0.05, 0) is 32.6 Å². The third-order valence-corrected chi connectivity index (χ3v) is 3.21. The average molecular weight is 220 g/mol. The van der Waals surface area contributed by atoms with E-state index in [0.29, 0.717) is 18.1 Å². The average Bonchev–Trinajstić information content (AvgIpc) is 2.59. The molecule has 84 valence electrons. The quantitative estimate of drug-likeness (QED) is 0.547. The van der Waals surface area contributed by atoms with E-state index in [2.05, 4.69) is 19.2 Å². The molecule has 1 rings (SSSR count). The van der Waals surface area contributed by atoms with Gasteiger partial charge < -0.3 is 10.1 Å². The lowest BCUT2D eigenvalue weighted by Crippen LogP contribution is -2.35. The second-order valence-corrected chi connectivity index (χ2v) is 4.63. The van der Waals surface area contributed by atoms with Crippen molar-refractivity contribution in [3.05, 3.63) is 0 Å². The number of alkyl halides is 1. The standard InChI is InChI=1S/C11H22ClNO/c1-9(2)14-7-6-13-11-5-3-4-10(11)8-12/h9-11,13H,3-8H2,1-2H3. The minimum absolute atomic E-state index is 0.337. The Labute approximate surface area is 92.3 Å². The molecule has 0 amide bonds. The van der Waals surface area contributed by atoms with E-state index in [4.69, 9.17) is 16.3 Å². The highest BCUT2D eigenvalue weighted by molar-refractivity contribution is 6.18. The molecule has 0 aromatic rings. The molecule has 1 fully saturated rings. The summed E-state index contributed by atoms with van der Waals surface area (Å²) in [5.74, 6) is 1.47. The zero-order valence-corrected chi connectivity index (χ0v) is 10.0. The van der Waals surface area contributed by atoms with Crippen LogP contribution in [0.5, 0.6) is 0 Å². The normalized spacial score (nSPS) is 27.4. The van der Waals surface area contributed by atoms with Gasteiger partial charge >= 0.3 is 0 Å². The first-order valence-electron chi connectivity index (χ1n) is 5.65. The van der Waals surface area contributed by atoms with Gasteiger partial charge in [0.2, 0.25) is 0 Å². The monoisotopic (exact) mass is 219 g/mol. The number of hydrogen-bond donors (Lipinski definition) is 1. The van der Waals surface area contributed by atoms with Gasteiger partial charge in [0.1, 0.15) is 0 Å². The third kappa shape index (κ3) is 4.16. The Kier molecular flexibility index (Phi) is 5.83. The van der Waals surface area contributed by atoms with Gasteiger partial charge in [0, 0.05) is 18.5 Å². The van der Waals surface area contributed by atoms with Crippen molar-refractivity contribution in [2.75, 3.05) is 19.0 Å². The molecule has 2 unspecified atom stereocenters. The van der Waals surface area contributed by atoms with Crippen LogP contribution in [0.25, 0.3) is 0 Å². The first-order chi connectivity index (χ1) is 6.74. The van der Waals surface area contributed by atoms with Crippen LogP contribution in [0.2, 0.25) is 0 Å². The summed E-state index contributed by atoms with van der Waals surface area (Å²) in [4.78, 5) is 0. The van der Waals surface area contributed by atoms with Crippen molar-refractivity contribution in [3.8, 4) is 0 Å². The highest BCUT2D eigenvalue weighted by Crippen LogP contribution is 2.26. The minimum Gasteiger partial charge on any atom is -0.377 e. The Morgan fingerprint density at radius 2 is 2.21 bits per heavy atom. The van der Waals surface area contributed by atoms with E-state index >= 15 is 0 Å². The number of ether oxygens (including phenoxy) is 1. The van der Waals surface area contributed by atoms with Crippen molar-refractivity contribution in [1.29, 1.82) is 0 Å². The molecule has 1 aliphatic rings. The lowest BCUT2D eigenvalue weighted by Gasteiger charge is -2.19. The van der Waals surface area contributed by atoms with Crippen LogP contribution < -0.4 is 5.32 Å². The van der Waals surface area contributed by atoms with Crippen LogP contribution >= 0.6 is 11.6 Å². The van der Waals surface area contributed by atoms with Gasteiger partial charge in [-0.2, -0.15) is 0 Å². The highest BCUT2D eigenvalue weighted by Gasteiger charge is 2.25. The van der Waals surface area contributed by atoms with Gasteiger partial charge in [0.15, 0.2) is 0 Å². The van der Waals surface area contributed by atoms with Crippen molar-refractivity contribution in [2.45, 2.75) is 45.3 Å². The maximum atomic E-state index is 5.89. The molecule has 0 radical (unpaired) electrons. The van der Waals surface area contributed by atoms with Crippen molar-refractivity contribution >= 4 is 11.6 Å². The molecular formula is C11H22ClNO. The van der Waals surface area contributed by atoms with Crippen LogP contribution in [0.4, 0.5) is 0 Å². The smallest absolute Gasteiger partial charge is 0.0594 e. The fourth-order valence-corrected chi connectivity index (χ4v) is 2.40. The largest absolute Gasteiger partial charge is 0.377 e. The molecule has 0 saturated heterocycles. The van der Waals surface area contributed by atoms with E-state index in [1.54, 1.807) is 0 Å². The van der Waals surface area contributed by atoms with E-state index in [0.717, 1.165) is 19.0 Å². The van der Waals surface area contributed by atoms with Crippen LogP contribution in [0.1, 0.15) is 33.1 Å². The van der Waals surface area contributed by atoms with Crippen LogP contribution in [-0.4, -0.2) is 31.2 Å². The van der Waals surface area contributed by atoms with Crippen LogP contribution in [0.15, 0.2) is 0 Å². The summed E-state index contributed by atoms with van der Waals surface area (Å²) in [5, 5.41) is 3.53. The SMILES string of the molecule is CC(C)OCCNC1CCCC1CCl. The zero-order valence-electron chi connectivity index (χ0n) is 9.26. The number of hydrogen-bond acceptors (Lipinski definition) is 2. The first kappa shape index (κ1) is 12.3. The number of rotatable bonds is 6. The molecule has 3 heteroatoms. The molecule has 0 heterocycles. The Morgan fingerprint density at radius 3 is 2.86 bits per heavy atom. The molecule has 1 aliphatic carbocycles. The molecule has 1 saturated carbocycles. The van der Waals surface area contributed by atoms with E-state index in [1.165, 1.54) is 19.3 Å². The number of nitrogens with one attached hydrogen (secondary N) is 1. The molecule has 0 aliphatic heterocycles. The molecule has 0 spiro atoms. The summed E-state index contributed by atoms with van der Waals surface area (Å²) < 4.78 is 5.48. The topological polar surface area (TPSA) is 21.3 Å². The predicted octanol–water partition coefficient (Wildman–Crippen LogP) is 2.41. The van der Waals surface area contributed by atoms with Crippen molar-refractivity contribution < 1.29 is 4.74 Å². The van der Waals surface area contributed by atoms with E-state index in [9.17, 15) is 0 Å². The van der Waals surface area contributed by atoms with Crippen LogP contribution in [-0.2, 0) is 4.74 Å². The van der Waals surface area contributed by atoms with Crippen molar-refractivity contribution in [3.63, 3.8) is 0 Å². The van der Waals surface area contributed by atoms with Gasteiger partial charge in [-0.25, -0.2) is 0 Å². The summed E-state index contributed by atoms with van der Waals surface area (Å²) in [6.07, 6.45) is 4.22. The predicted molar refractivity (Wildman–Crippen MR) is 60.9 cm³/mol. The lowest BCUT2D eigenvalue weighted by molar-refractivity contribution is 0.0787. The fraction of sp³-hybridized carbons (Fsp3) is 1.00. The van der Waals surface area contributed by atoms with Crippen LogP contribution in [0, 0.1) is 5.92 Å².